The van der Waals surface area contributed by atoms with E-state index in [4.69, 9.17) is 4.74 Å². The second-order valence-corrected chi connectivity index (χ2v) is 5.84. The number of carbonyl (C=O) groups excluding carboxylic acids is 1. The molecule has 2 heterocycles. The van der Waals surface area contributed by atoms with Crippen molar-refractivity contribution in [3.8, 4) is 0 Å². The van der Waals surface area contributed by atoms with Crippen LogP contribution in [0.4, 0.5) is 0 Å². The third-order valence-electron chi connectivity index (χ3n) is 3.30. The summed E-state index contributed by atoms with van der Waals surface area (Å²) in [4.78, 5) is 15.0. The number of hydrogen-bond acceptors (Lipinski definition) is 4. The molecule has 2 rings (SSSR count). The van der Waals surface area contributed by atoms with Gasteiger partial charge in [0.2, 0.25) is 0 Å². The molecule has 0 aromatic carbocycles. The molecule has 1 aliphatic rings. The number of ether oxygens (including phenoxy) is 1. The number of rotatable bonds is 4. The summed E-state index contributed by atoms with van der Waals surface area (Å²) >= 11 is 1.74. The van der Waals surface area contributed by atoms with Crippen molar-refractivity contribution in [2.24, 2.45) is 0 Å². The molecule has 1 aromatic rings. The maximum Gasteiger partial charge on any atom is 0.140 e. The topological polar surface area (TPSA) is 29.5 Å². The van der Waals surface area contributed by atoms with Crippen LogP contribution >= 0.6 is 11.3 Å². The Balaban J connectivity index is 2.10. The summed E-state index contributed by atoms with van der Waals surface area (Å²) in [5.74, 6) is 0. The van der Waals surface area contributed by atoms with Gasteiger partial charge in [0.15, 0.2) is 0 Å². The monoisotopic (exact) mass is 253 g/mol. The molecule has 0 spiro atoms. The van der Waals surface area contributed by atoms with Crippen molar-refractivity contribution < 1.29 is 9.53 Å². The minimum absolute atomic E-state index is 0.388. The first-order valence-corrected chi connectivity index (χ1v) is 6.85. The molecule has 4 heteroatoms. The van der Waals surface area contributed by atoms with Gasteiger partial charge in [0.25, 0.3) is 0 Å². The van der Waals surface area contributed by atoms with Crippen molar-refractivity contribution >= 4 is 17.6 Å². The van der Waals surface area contributed by atoms with Crippen LogP contribution < -0.4 is 0 Å². The van der Waals surface area contributed by atoms with E-state index in [1.807, 2.05) is 6.92 Å². The lowest BCUT2D eigenvalue weighted by Crippen LogP contribution is -2.53. The van der Waals surface area contributed by atoms with Crippen LogP contribution in [-0.4, -0.2) is 43.0 Å². The van der Waals surface area contributed by atoms with E-state index in [0.717, 1.165) is 39.0 Å². The summed E-state index contributed by atoms with van der Waals surface area (Å²) in [6.07, 6.45) is 1.89. The molecule has 0 N–H and O–H groups in total. The fraction of sp³-hybridized carbons (Fsp3) is 0.615. The minimum atomic E-state index is -0.388. The lowest BCUT2D eigenvalue weighted by atomic mass is 9.95. The molecule has 0 bridgehead atoms. The van der Waals surface area contributed by atoms with Gasteiger partial charge in [-0.25, -0.2) is 0 Å². The average molecular weight is 253 g/mol. The van der Waals surface area contributed by atoms with Crippen LogP contribution in [0.2, 0.25) is 0 Å². The molecule has 1 fully saturated rings. The number of morpholine rings is 1. The molecular weight excluding hydrogens is 234 g/mol. The molecule has 1 aromatic heterocycles. The predicted molar refractivity (Wildman–Crippen MR) is 69.6 cm³/mol. The van der Waals surface area contributed by atoms with Gasteiger partial charge >= 0.3 is 0 Å². The van der Waals surface area contributed by atoms with E-state index in [2.05, 4.69) is 23.3 Å². The SMILES string of the molecule is Cc1csc(C[C@@](C)(C=O)N2CCOCC2)c1. The van der Waals surface area contributed by atoms with E-state index in [1.54, 1.807) is 11.3 Å². The fourth-order valence-electron chi connectivity index (χ4n) is 2.24. The van der Waals surface area contributed by atoms with Crippen LogP contribution in [0.3, 0.4) is 0 Å². The molecule has 3 nitrogen and oxygen atoms in total. The molecule has 0 radical (unpaired) electrons. The Hall–Kier alpha value is -0.710. The third kappa shape index (κ3) is 2.94. The average Bonchev–Trinajstić information content (AvgIpc) is 2.75. The Kier molecular flexibility index (Phi) is 3.97. The van der Waals surface area contributed by atoms with Gasteiger partial charge in [-0.05, 0) is 30.9 Å². The molecule has 1 atom stereocenters. The van der Waals surface area contributed by atoms with Gasteiger partial charge in [0.05, 0.1) is 18.8 Å². The highest BCUT2D eigenvalue weighted by atomic mass is 32.1. The Morgan fingerprint density at radius 1 is 1.53 bits per heavy atom. The van der Waals surface area contributed by atoms with Crippen molar-refractivity contribution in [3.63, 3.8) is 0 Å². The molecule has 0 aliphatic carbocycles. The summed E-state index contributed by atoms with van der Waals surface area (Å²) < 4.78 is 5.34. The van der Waals surface area contributed by atoms with Gasteiger partial charge in [-0.3, -0.25) is 4.90 Å². The van der Waals surface area contributed by atoms with Gasteiger partial charge in [-0.1, -0.05) is 0 Å². The summed E-state index contributed by atoms with van der Waals surface area (Å²) in [7, 11) is 0. The number of nitrogens with zero attached hydrogens (tertiary/aromatic N) is 1. The van der Waals surface area contributed by atoms with Crippen molar-refractivity contribution in [2.45, 2.75) is 25.8 Å². The number of carbonyl (C=O) groups is 1. The first-order valence-electron chi connectivity index (χ1n) is 5.97. The van der Waals surface area contributed by atoms with E-state index in [9.17, 15) is 4.79 Å². The van der Waals surface area contributed by atoms with Crippen LogP contribution in [0.5, 0.6) is 0 Å². The first-order chi connectivity index (χ1) is 8.14. The smallest absolute Gasteiger partial charge is 0.140 e. The quantitative estimate of drug-likeness (QED) is 0.767. The standard InChI is InChI=1S/C13H19NO2S/c1-11-7-12(17-9-11)8-13(2,10-15)14-3-5-16-6-4-14/h7,9-10H,3-6,8H2,1-2H3/t13-/m0/s1. The Labute approximate surface area is 106 Å². The Morgan fingerprint density at radius 3 is 2.76 bits per heavy atom. The molecule has 1 saturated heterocycles. The summed E-state index contributed by atoms with van der Waals surface area (Å²) in [5, 5.41) is 2.14. The Bertz CT molecular complexity index is 385. The van der Waals surface area contributed by atoms with E-state index in [0.29, 0.717) is 0 Å². The maximum atomic E-state index is 11.5. The van der Waals surface area contributed by atoms with Crippen molar-refractivity contribution in [1.82, 2.24) is 4.90 Å². The number of hydrogen-bond donors (Lipinski definition) is 0. The zero-order valence-corrected chi connectivity index (χ0v) is 11.3. The van der Waals surface area contributed by atoms with Crippen molar-refractivity contribution in [3.05, 3.63) is 21.9 Å². The van der Waals surface area contributed by atoms with Gasteiger partial charge in [-0.2, -0.15) is 0 Å². The predicted octanol–water partition coefficient (Wildman–Crippen LogP) is 1.89. The maximum absolute atomic E-state index is 11.5. The normalized spacial score (nSPS) is 21.1. The summed E-state index contributed by atoms with van der Waals surface area (Å²) in [5.41, 5.74) is 0.890. The van der Waals surface area contributed by atoms with E-state index in [-0.39, 0.29) is 5.54 Å². The molecule has 0 saturated carbocycles. The Morgan fingerprint density at radius 2 is 2.24 bits per heavy atom. The number of aryl methyl sites for hydroxylation is 1. The fourth-order valence-corrected chi connectivity index (χ4v) is 3.27. The van der Waals surface area contributed by atoms with Gasteiger partial charge in [0.1, 0.15) is 6.29 Å². The van der Waals surface area contributed by atoms with E-state index in [1.165, 1.54) is 10.4 Å². The summed E-state index contributed by atoms with van der Waals surface area (Å²) in [6.45, 7) is 7.27. The molecule has 94 valence electrons. The third-order valence-corrected chi connectivity index (χ3v) is 4.36. The minimum Gasteiger partial charge on any atom is -0.379 e. The largest absolute Gasteiger partial charge is 0.379 e. The molecule has 1 aliphatic heterocycles. The second-order valence-electron chi connectivity index (χ2n) is 4.84. The second kappa shape index (κ2) is 5.29. The van der Waals surface area contributed by atoms with Crippen LogP contribution in [0, 0.1) is 6.92 Å². The van der Waals surface area contributed by atoms with Gasteiger partial charge in [-0.15, -0.1) is 11.3 Å². The lowest BCUT2D eigenvalue weighted by molar-refractivity contribution is -0.120. The van der Waals surface area contributed by atoms with Gasteiger partial charge < -0.3 is 9.53 Å². The summed E-state index contributed by atoms with van der Waals surface area (Å²) in [6, 6.07) is 2.17. The highest BCUT2D eigenvalue weighted by Gasteiger charge is 2.33. The molecular formula is C13H19NO2S. The van der Waals surface area contributed by atoms with Crippen LogP contribution in [0.25, 0.3) is 0 Å². The molecule has 17 heavy (non-hydrogen) atoms. The van der Waals surface area contributed by atoms with Crippen LogP contribution in [0.1, 0.15) is 17.4 Å². The highest BCUT2D eigenvalue weighted by Crippen LogP contribution is 2.24. The lowest BCUT2D eigenvalue weighted by Gasteiger charge is -2.39. The zero-order valence-electron chi connectivity index (χ0n) is 10.4. The van der Waals surface area contributed by atoms with Crippen molar-refractivity contribution in [1.29, 1.82) is 0 Å². The van der Waals surface area contributed by atoms with Crippen LogP contribution in [-0.2, 0) is 16.0 Å². The van der Waals surface area contributed by atoms with Crippen molar-refractivity contribution in [2.75, 3.05) is 26.3 Å². The van der Waals surface area contributed by atoms with Crippen LogP contribution in [0.15, 0.2) is 11.4 Å². The van der Waals surface area contributed by atoms with Gasteiger partial charge in [0, 0.05) is 24.4 Å². The highest BCUT2D eigenvalue weighted by molar-refractivity contribution is 7.10. The first kappa shape index (κ1) is 12.7. The van der Waals surface area contributed by atoms with E-state index < -0.39 is 0 Å². The number of aldehydes is 1. The van der Waals surface area contributed by atoms with E-state index >= 15 is 0 Å². The zero-order chi connectivity index (χ0) is 12.3. The number of thiophene rings is 1. The molecule has 0 amide bonds. The molecule has 0 unspecified atom stereocenters.